The largest absolute Gasteiger partial charge is 0.477 e. The van der Waals surface area contributed by atoms with Crippen molar-refractivity contribution in [2.75, 3.05) is 5.75 Å². The van der Waals surface area contributed by atoms with Gasteiger partial charge < -0.3 is 10.4 Å². The first-order valence-electron chi connectivity index (χ1n) is 6.58. The van der Waals surface area contributed by atoms with Crippen molar-refractivity contribution >= 4 is 29.5 Å². The summed E-state index contributed by atoms with van der Waals surface area (Å²) in [6.07, 6.45) is 1.63. The Bertz CT molecular complexity index is 711. The fourth-order valence-electron chi connectivity index (χ4n) is 2.53. The van der Waals surface area contributed by atoms with Crippen LogP contribution >= 0.6 is 11.8 Å². The first-order chi connectivity index (χ1) is 10.4. The van der Waals surface area contributed by atoms with E-state index in [9.17, 15) is 19.5 Å². The lowest BCUT2D eigenvalue weighted by Gasteiger charge is -2.49. The van der Waals surface area contributed by atoms with E-state index in [1.807, 2.05) is 0 Å². The van der Waals surface area contributed by atoms with Crippen LogP contribution < -0.4 is 5.32 Å². The fraction of sp³-hybridized carbons (Fsp3) is 0.385. The van der Waals surface area contributed by atoms with E-state index >= 15 is 0 Å². The van der Waals surface area contributed by atoms with Crippen molar-refractivity contribution in [3.63, 3.8) is 0 Å². The second kappa shape index (κ2) is 5.16. The summed E-state index contributed by atoms with van der Waals surface area (Å²) < 4.78 is 1.49. The summed E-state index contributed by atoms with van der Waals surface area (Å²) >= 11 is 1.44. The number of thioether (sulfide) groups is 1. The standard InChI is InChI=1S/C13H14N4O4S/c1-6-5-22-12-8(11(19)17(12)9(6)13(20)21)14-10(18)7-3-4-16(2)15-7/h3-4,8,12H,5H2,1-2H3,(H,14,18)(H,20,21)/t8-,12-/m1/s1. The molecule has 0 aromatic carbocycles. The van der Waals surface area contributed by atoms with Gasteiger partial charge in [-0.15, -0.1) is 11.8 Å². The number of aromatic nitrogens is 2. The lowest BCUT2D eigenvalue weighted by Crippen LogP contribution is -2.70. The van der Waals surface area contributed by atoms with Crippen LogP contribution in [0.4, 0.5) is 0 Å². The third kappa shape index (κ3) is 2.17. The minimum Gasteiger partial charge on any atom is -0.477 e. The van der Waals surface area contributed by atoms with Gasteiger partial charge in [0.05, 0.1) is 0 Å². The van der Waals surface area contributed by atoms with Crippen LogP contribution in [-0.2, 0) is 16.6 Å². The van der Waals surface area contributed by atoms with Crippen LogP contribution in [0.1, 0.15) is 17.4 Å². The monoisotopic (exact) mass is 322 g/mol. The Morgan fingerprint density at radius 1 is 1.50 bits per heavy atom. The normalized spacial score (nSPS) is 23.9. The number of aliphatic carboxylic acids is 1. The molecule has 0 unspecified atom stereocenters. The lowest BCUT2D eigenvalue weighted by molar-refractivity contribution is -0.148. The number of hydrogen-bond acceptors (Lipinski definition) is 5. The Morgan fingerprint density at radius 3 is 2.82 bits per heavy atom. The maximum absolute atomic E-state index is 12.2. The first-order valence-corrected chi connectivity index (χ1v) is 7.63. The number of fused-ring (bicyclic) bond motifs is 1. The highest BCUT2D eigenvalue weighted by Gasteiger charge is 2.53. The number of carbonyl (C=O) groups excluding carboxylic acids is 2. The molecule has 22 heavy (non-hydrogen) atoms. The quantitative estimate of drug-likeness (QED) is 0.746. The number of rotatable bonds is 3. The van der Waals surface area contributed by atoms with E-state index in [-0.39, 0.29) is 16.8 Å². The summed E-state index contributed by atoms with van der Waals surface area (Å²) in [4.78, 5) is 36.8. The van der Waals surface area contributed by atoms with Gasteiger partial charge in [-0.25, -0.2) is 4.79 Å². The zero-order valence-corrected chi connectivity index (χ0v) is 12.8. The zero-order valence-electron chi connectivity index (χ0n) is 11.9. The molecule has 0 spiro atoms. The van der Waals surface area contributed by atoms with Crippen LogP contribution in [0.25, 0.3) is 0 Å². The molecule has 8 nitrogen and oxygen atoms in total. The number of aryl methyl sites for hydroxylation is 1. The molecule has 0 aliphatic carbocycles. The first kappa shape index (κ1) is 14.6. The average Bonchev–Trinajstić information content (AvgIpc) is 2.90. The highest BCUT2D eigenvalue weighted by Crippen LogP contribution is 2.40. The molecule has 9 heteroatoms. The summed E-state index contributed by atoms with van der Waals surface area (Å²) in [5.74, 6) is -1.45. The predicted molar refractivity (Wildman–Crippen MR) is 77.9 cm³/mol. The molecule has 2 aliphatic rings. The topological polar surface area (TPSA) is 105 Å². The lowest BCUT2D eigenvalue weighted by atomic mass is 10.0. The van der Waals surface area contributed by atoms with Crippen LogP contribution in [-0.4, -0.2) is 54.7 Å². The second-order valence-electron chi connectivity index (χ2n) is 5.17. The van der Waals surface area contributed by atoms with Gasteiger partial charge in [0.1, 0.15) is 22.8 Å². The smallest absolute Gasteiger partial charge is 0.352 e. The number of carboxylic acid groups (broad SMARTS) is 1. The third-order valence-corrected chi connectivity index (χ3v) is 5.02. The van der Waals surface area contributed by atoms with Gasteiger partial charge in [0.2, 0.25) is 0 Å². The van der Waals surface area contributed by atoms with Crippen molar-refractivity contribution in [2.24, 2.45) is 7.05 Å². The highest BCUT2D eigenvalue weighted by atomic mass is 32.2. The summed E-state index contributed by atoms with van der Waals surface area (Å²) in [6.45, 7) is 1.69. The number of carbonyl (C=O) groups is 3. The van der Waals surface area contributed by atoms with Crippen molar-refractivity contribution in [3.05, 3.63) is 29.2 Å². The molecule has 1 saturated heterocycles. The van der Waals surface area contributed by atoms with E-state index in [0.29, 0.717) is 11.3 Å². The number of hydrogen-bond donors (Lipinski definition) is 2. The Morgan fingerprint density at radius 2 is 2.23 bits per heavy atom. The van der Waals surface area contributed by atoms with E-state index in [1.54, 1.807) is 26.2 Å². The number of β-lactam (4-membered cyclic amide) rings is 1. The van der Waals surface area contributed by atoms with Crippen LogP contribution in [0, 0.1) is 0 Å². The summed E-state index contributed by atoms with van der Waals surface area (Å²) in [5.41, 5.74) is 0.897. The fourth-order valence-corrected chi connectivity index (χ4v) is 3.82. The molecular formula is C13H14N4O4S. The molecule has 0 bridgehead atoms. The SMILES string of the molecule is CC1=C(C(=O)O)N2C(=O)[C@@H](NC(=O)c3ccn(C)n3)[C@H]2SC1. The zero-order chi connectivity index (χ0) is 16.0. The van der Waals surface area contributed by atoms with E-state index in [2.05, 4.69) is 10.4 Å². The molecule has 1 fully saturated rings. The van der Waals surface area contributed by atoms with Gasteiger partial charge in [-0.1, -0.05) is 0 Å². The van der Waals surface area contributed by atoms with Crippen LogP contribution in [0.15, 0.2) is 23.5 Å². The van der Waals surface area contributed by atoms with E-state index in [1.165, 1.54) is 21.3 Å². The second-order valence-corrected chi connectivity index (χ2v) is 6.27. The average molecular weight is 322 g/mol. The maximum atomic E-state index is 12.2. The summed E-state index contributed by atoms with van der Waals surface area (Å²) in [6, 6.07) is 0.832. The van der Waals surface area contributed by atoms with Crippen molar-refractivity contribution in [3.8, 4) is 0 Å². The van der Waals surface area contributed by atoms with Gasteiger partial charge in [-0.3, -0.25) is 19.2 Å². The minimum atomic E-state index is -1.12. The van der Waals surface area contributed by atoms with Crippen LogP contribution in [0.2, 0.25) is 0 Å². The molecule has 2 atom stereocenters. The molecule has 2 N–H and O–H groups in total. The molecule has 2 amide bonds. The number of nitrogens with zero attached hydrogens (tertiary/aromatic N) is 3. The van der Waals surface area contributed by atoms with E-state index < -0.39 is 23.8 Å². The number of amides is 2. The maximum Gasteiger partial charge on any atom is 0.352 e. The third-order valence-electron chi connectivity index (χ3n) is 3.59. The molecule has 0 radical (unpaired) electrons. The molecule has 3 rings (SSSR count). The number of carboxylic acids is 1. The van der Waals surface area contributed by atoms with Crippen molar-refractivity contribution in [2.45, 2.75) is 18.3 Å². The van der Waals surface area contributed by atoms with Crippen molar-refractivity contribution < 1.29 is 19.5 Å². The molecule has 3 heterocycles. The molecule has 1 aromatic heterocycles. The van der Waals surface area contributed by atoms with Gasteiger partial charge in [0, 0.05) is 19.0 Å². The van der Waals surface area contributed by atoms with E-state index in [4.69, 9.17) is 0 Å². The van der Waals surface area contributed by atoms with Crippen molar-refractivity contribution in [1.82, 2.24) is 20.0 Å². The molecule has 0 saturated carbocycles. The van der Waals surface area contributed by atoms with Gasteiger partial charge in [0.15, 0.2) is 0 Å². The van der Waals surface area contributed by atoms with Gasteiger partial charge in [-0.2, -0.15) is 5.10 Å². The summed E-state index contributed by atoms with van der Waals surface area (Å²) in [5, 5.41) is 15.5. The predicted octanol–water partition coefficient (Wildman–Crippen LogP) is -0.208. The van der Waals surface area contributed by atoms with Gasteiger partial charge in [0.25, 0.3) is 11.8 Å². The minimum absolute atomic E-state index is 0.0251. The molecule has 1 aromatic rings. The molecular weight excluding hydrogens is 308 g/mol. The summed E-state index contributed by atoms with van der Waals surface area (Å²) in [7, 11) is 1.69. The van der Waals surface area contributed by atoms with E-state index in [0.717, 1.165) is 0 Å². The van der Waals surface area contributed by atoms with Crippen molar-refractivity contribution in [1.29, 1.82) is 0 Å². The molecule has 116 valence electrons. The van der Waals surface area contributed by atoms with Gasteiger partial charge >= 0.3 is 5.97 Å². The molecule has 2 aliphatic heterocycles. The Kier molecular flexibility index (Phi) is 3.44. The Balaban J connectivity index is 1.76. The Hall–Kier alpha value is -2.29. The highest BCUT2D eigenvalue weighted by molar-refractivity contribution is 8.00. The van der Waals surface area contributed by atoms with Crippen LogP contribution in [0.5, 0.6) is 0 Å². The number of nitrogens with one attached hydrogen (secondary N) is 1. The van der Waals surface area contributed by atoms with Crippen LogP contribution in [0.3, 0.4) is 0 Å². The van der Waals surface area contributed by atoms with Gasteiger partial charge in [-0.05, 0) is 18.6 Å². The Labute approximate surface area is 130 Å².